The van der Waals surface area contributed by atoms with Gasteiger partial charge in [0.1, 0.15) is 11.4 Å². The number of thioether (sulfide) groups is 1. The molecule has 214 valence electrons. The number of rotatable bonds is 5. The highest BCUT2D eigenvalue weighted by atomic mass is 32.2. The van der Waals surface area contributed by atoms with E-state index in [0.717, 1.165) is 48.7 Å². The lowest BCUT2D eigenvalue weighted by Gasteiger charge is -2.41. The first-order valence-corrected chi connectivity index (χ1v) is 15.3. The summed E-state index contributed by atoms with van der Waals surface area (Å²) in [5, 5.41) is 15.7. The summed E-state index contributed by atoms with van der Waals surface area (Å²) >= 11 is 1.46. The summed E-state index contributed by atoms with van der Waals surface area (Å²) in [5.74, 6) is 0.897. The summed E-state index contributed by atoms with van der Waals surface area (Å²) in [6.07, 6.45) is 7.40. The van der Waals surface area contributed by atoms with E-state index in [4.69, 9.17) is 5.73 Å². The van der Waals surface area contributed by atoms with E-state index in [0.29, 0.717) is 36.0 Å². The fourth-order valence-electron chi connectivity index (χ4n) is 6.55. The molecule has 1 aliphatic carbocycles. The Labute approximate surface area is 239 Å². The summed E-state index contributed by atoms with van der Waals surface area (Å²) in [6, 6.07) is 0.604. The third-order valence-electron chi connectivity index (χ3n) is 8.83. The lowest BCUT2D eigenvalue weighted by atomic mass is 9.73. The van der Waals surface area contributed by atoms with E-state index < -0.39 is 0 Å². The quantitative estimate of drug-likeness (QED) is 0.430. The number of nitrogens with zero attached hydrogens (tertiary/aromatic N) is 5. The number of fused-ring (bicyclic) bond motifs is 3. The second kappa shape index (κ2) is 10.7. The molecule has 1 atom stereocenters. The summed E-state index contributed by atoms with van der Waals surface area (Å²) in [7, 11) is 0. The molecule has 11 nitrogen and oxygen atoms in total. The lowest BCUT2D eigenvalue weighted by Crippen LogP contribution is -2.49. The van der Waals surface area contributed by atoms with Gasteiger partial charge in [-0.2, -0.15) is 5.10 Å². The fraction of sp³-hybridized carbons (Fsp3) is 0.607. The van der Waals surface area contributed by atoms with Gasteiger partial charge in [-0.05, 0) is 67.5 Å². The molecule has 1 unspecified atom stereocenters. The van der Waals surface area contributed by atoms with Crippen molar-refractivity contribution in [2.75, 3.05) is 31.9 Å². The van der Waals surface area contributed by atoms with E-state index in [2.05, 4.69) is 56.5 Å². The highest BCUT2D eigenvalue weighted by Crippen LogP contribution is 2.42. The standard InChI is InChI=1S/C28H39N9O2S/c1-16-4-8-36(9-5-16)19-6-10-37(11-7-19)20(38)12-18-15-40-27(31-18)33-25(39)24-21-23(34-35-24)22-17(13-28(21,2)3)14-30-26(29)32-22/h14-16,19,27,31H,4-13H2,1-3H3,(H,33,39)(H,34,35)(H2,29,30,32). The van der Waals surface area contributed by atoms with Crippen molar-refractivity contribution in [1.82, 2.24) is 40.6 Å². The van der Waals surface area contributed by atoms with Gasteiger partial charge < -0.3 is 26.2 Å². The largest absolute Gasteiger partial charge is 0.368 e. The molecular weight excluding hydrogens is 526 g/mol. The summed E-state index contributed by atoms with van der Waals surface area (Å²) in [5.41, 5.74) is 9.47. The maximum absolute atomic E-state index is 13.4. The Morgan fingerprint density at radius 1 is 1.15 bits per heavy atom. The Balaban J connectivity index is 1.02. The van der Waals surface area contributed by atoms with Crippen LogP contribution in [0.1, 0.15) is 74.5 Å². The van der Waals surface area contributed by atoms with Gasteiger partial charge in [0.15, 0.2) is 5.50 Å². The third-order valence-corrected chi connectivity index (χ3v) is 9.76. The average Bonchev–Trinajstić information content (AvgIpc) is 3.58. The number of hydrogen-bond acceptors (Lipinski definition) is 9. The highest BCUT2D eigenvalue weighted by Gasteiger charge is 2.39. The molecule has 5 N–H and O–H groups in total. The molecular formula is C28H39N9O2S. The number of piperidine rings is 2. The maximum Gasteiger partial charge on any atom is 0.271 e. The number of carbonyl (C=O) groups is 2. The Morgan fingerprint density at radius 3 is 2.65 bits per heavy atom. The molecule has 0 radical (unpaired) electrons. The van der Waals surface area contributed by atoms with Crippen molar-refractivity contribution in [2.45, 2.75) is 76.3 Å². The van der Waals surface area contributed by atoms with E-state index >= 15 is 0 Å². The molecule has 0 spiro atoms. The second-order valence-electron chi connectivity index (χ2n) is 12.3. The minimum absolute atomic E-state index is 0.140. The van der Waals surface area contributed by atoms with Gasteiger partial charge in [-0.1, -0.05) is 32.5 Å². The Hall–Kier alpha value is -3.12. The molecule has 0 aromatic carbocycles. The van der Waals surface area contributed by atoms with E-state index in [1.807, 2.05) is 10.3 Å². The monoisotopic (exact) mass is 565 g/mol. The number of carbonyl (C=O) groups excluding carboxylic acids is 2. The van der Waals surface area contributed by atoms with Crippen molar-refractivity contribution in [2.24, 2.45) is 5.92 Å². The number of H-pyrrole nitrogens is 1. The Kier molecular flexibility index (Phi) is 7.24. The smallest absolute Gasteiger partial charge is 0.271 e. The van der Waals surface area contributed by atoms with Crippen LogP contribution in [0.25, 0.3) is 11.4 Å². The first-order valence-electron chi connectivity index (χ1n) is 14.3. The molecule has 0 bridgehead atoms. The molecule has 12 heteroatoms. The Bertz CT molecular complexity index is 1320. The molecule has 5 heterocycles. The first-order chi connectivity index (χ1) is 19.2. The molecule has 6 rings (SSSR count). The maximum atomic E-state index is 13.4. The van der Waals surface area contributed by atoms with Crippen LogP contribution in [0.3, 0.4) is 0 Å². The molecule has 2 aromatic heterocycles. The van der Waals surface area contributed by atoms with E-state index in [-0.39, 0.29) is 28.7 Å². The fourth-order valence-corrected chi connectivity index (χ4v) is 7.39. The van der Waals surface area contributed by atoms with Gasteiger partial charge in [-0.15, -0.1) is 0 Å². The van der Waals surface area contributed by atoms with Crippen LogP contribution in [0.15, 0.2) is 17.3 Å². The van der Waals surface area contributed by atoms with E-state index in [1.54, 1.807) is 6.20 Å². The van der Waals surface area contributed by atoms with Crippen LogP contribution in [0.4, 0.5) is 5.95 Å². The summed E-state index contributed by atoms with van der Waals surface area (Å²) in [6.45, 7) is 10.5. The predicted molar refractivity (Wildman–Crippen MR) is 155 cm³/mol. The third kappa shape index (κ3) is 5.30. The van der Waals surface area contributed by atoms with Crippen LogP contribution < -0.4 is 16.4 Å². The van der Waals surface area contributed by atoms with Crippen molar-refractivity contribution >= 4 is 29.5 Å². The minimum atomic E-state index is -0.363. The summed E-state index contributed by atoms with van der Waals surface area (Å²) < 4.78 is 0. The van der Waals surface area contributed by atoms with Crippen molar-refractivity contribution in [3.05, 3.63) is 34.1 Å². The molecule has 2 fully saturated rings. The molecule has 4 aliphatic rings. The zero-order chi connectivity index (χ0) is 28.0. The molecule has 2 aromatic rings. The number of nitrogen functional groups attached to an aromatic ring is 1. The second-order valence-corrected chi connectivity index (χ2v) is 13.2. The number of amides is 2. The van der Waals surface area contributed by atoms with E-state index in [1.165, 1.54) is 37.7 Å². The van der Waals surface area contributed by atoms with Crippen molar-refractivity contribution in [3.63, 3.8) is 0 Å². The van der Waals surface area contributed by atoms with Crippen molar-refractivity contribution in [1.29, 1.82) is 0 Å². The van der Waals surface area contributed by atoms with Gasteiger partial charge in [-0.3, -0.25) is 14.7 Å². The highest BCUT2D eigenvalue weighted by molar-refractivity contribution is 8.02. The topological polar surface area (TPSA) is 145 Å². The average molecular weight is 566 g/mol. The van der Waals surface area contributed by atoms with Gasteiger partial charge in [0.05, 0.1) is 12.1 Å². The van der Waals surface area contributed by atoms with Gasteiger partial charge in [-0.25, -0.2) is 9.97 Å². The predicted octanol–water partition coefficient (Wildman–Crippen LogP) is 2.59. The van der Waals surface area contributed by atoms with Gasteiger partial charge in [0.2, 0.25) is 11.9 Å². The number of aromatic nitrogens is 4. The van der Waals surface area contributed by atoms with Crippen LogP contribution >= 0.6 is 11.8 Å². The molecule has 2 amide bonds. The zero-order valence-corrected chi connectivity index (χ0v) is 24.3. The number of hydrogen-bond donors (Lipinski definition) is 4. The number of nitrogens with two attached hydrogens (primary N) is 1. The number of anilines is 1. The first kappa shape index (κ1) is 27.1. The minimum Gasteiger partial charge on any atom is -0.368 e. The number of likely N-dealkylation sites (tertiary alicyclic amines) is 2. The number of nitrogens with one attached hydrogen (secondary N) is 3. The normalized spacial score (nSPS) is 23.2. The Morgan fingerprint density at radius 2 is 1.90 bits per heavy atom. The summed E-state index contributed by atoms with van der Waals surface area (Å²) in [4.78, 5) is 39.6. The van der Waals surface area contributed by atoms with Crippen LogP contribution in [0.5, 0.6) is 0 Å². The van der Waals surface area contributed by atoms with Crippen LogP contribution in [-0.2, 0) is 16.6 Å². The molecule has 3 aliphatic heterocycles. The van der Waals surface area contributed by atoms with E-state index in [9.17, 15) is 9.59 Å². The van der Waals surface area contributed by atoms with Gasteiger partial charge in [0, 0.05) is 36.6 Å². The van der Waals surface area contributed by atoms with Crippen LogP contribution in [0.2, 0.25) is 0 Å². The van der Waals surface area contributed by atoms with Gasteiger partial charge >= 0.3 is 0 Å². The lowest BCUT2D eigenvalue weighted by molar-refractivity contribution is -0.132. The molecule has 40 heavy (non-hydrogen) atoms. The van der Waals surface area contributed by atoms with Crippen molar-refractivity contribution in [3.8, 4) is 11.4 Å². The molecule has 2 saturated heterocycles. The van der Waals surface area contributed by atoms with Crippen LogP contribution in [-0.4, -0.2) is 79.5 Å². The number of aromatic amines is 1. The van der Waals surface area contributed by atoms with Crippen LogP contribution in [0, 0.1) is 5.92 Å². The molecule has 0 saturated carbocycles. The van der Waals surface area contributed by atoms with Gasteiger partial charge in [0.25, 0.3) is 5.91 Å². The SMILES string of the molecule is CC1CCN(C2CCN(C(=O)CC3=CSC(NC(=O)c4[nH]nc5c4C(C)(C)Cc4cnc(N)nc4-5)N3)CC2)CC1. The zero-order valence-electron chi connectivity index (χ0n) is 23.5. The van der Waals surface area contributed by atoms with Crippen molar-refractivity contribution < 1.29 is 9.59 Å².